The molecule has 13 nitrogen and oxygen atoms in total. The number of anilines is 1. The number of hydrogen-bond acceptors (Lipinski definition) is 10. The number of phenolic OH excluding ortho intramolecular Hbond substituents is 1. The van der Waals surface area contributed by atoms with Crippen LogP contribution in [0.5, 0.6) is 11.5 Å². The Morgan fingerprint density at radius 3 is 2.48 bits per heavy atom. The lowest BCUT2D eigenvalue weighted by atomic mass is 9.94. The molecule has 14 heteroatoms. The molecule has 1 aliphatic rings. The molecule has 2 heterocycles. The number of aryl methyl sites for hydroxylation is 2. The summed E-state index contributed by atoms with van der Waals surface area (Å²) >= 11 is 0. The van der Waals surface area contributed by atoms with Crippen molar-refractivity contribution in [2.24, 2.45) is 5.73 Å². The maximum Gasteiger partial charge on any atom is 0.419 e. The van der Waals surface area contributed by atoms with Crippen molar-refractivity contribution in [3.63, 3.8) is 0 Å². The number of oxazole rings is 1. The number of benzene rings is 4. The fourth-order valence-electron chi connectivity index (χ4n) is 8.11. The van der Waals surface area contributed by atoms with Crippen LogP contribution in [0.15, 0.2) is 98.9 Å². The molecule has 0 radical (unpaired) electrons. The van der Waals surface area contributed by atoms with E-state index in [1.807, 2.05) is 60.7 Å². The van der Waals surface area contributed by atoms with Gasteiger partial charge in [0.25, 0.3) is 0 Å². The molecule has 0 bridgehead atoms. The van der Waals surface area contributed by atoms with Crippen LogP contribution in [0, 0.1) is 0 Å². The van der Waals surface area contributed by atoms with Crippen molar-refractivity contribution in [1.29, 1.82) is 0 Å². The van der Waals surface area contributed by atoms with Crippen LogP contribution in [-0.2, 0) is 28.7 Å². The number of rotatable bonds is 16. The van der Waals surface area contributed by atoms with E-state index in [4.69, 9.17) is 24.1 Å². The molecule has 2 aromatic heterocycles. The summed E-state index contributed by atoms with van der Waals surface area (Å²) in [6.45, 7) is 12.2. The van der Waals surface area contributed by atoms with E-state index in [1.54, 1.807) is 23.8 Å². The third-order valence-electron chi connectivity index (χ3n) is 12.7. The number of nitrogens with two attached hydrogens (primary N) is 1. The highest BCUT2D eigenvalue weighted by molar-refractivity contribution is 6.74. The van der Waals surface area contributed by atoms with Crippen molar-refractivity contribution in [2.75, 3.05) is 19.0 Å². The van der Waals surface area contributed by atoms with Crippen molar-refractivity contribution in [3.8, 4) is 22.6 Å². The molecule has 1 amide bonds. The molecule has 1 fully saturated rings. The summed E-state index contributed by atoms with van der Waals surface area (Å²) in [5.74, 6) is 0.173. The molecule has 1 aliphatic carbocycles. The minimum Gasteiger partial charge on any atom is -0.506 e. The van der Waals surface area contributed by atoms with Crippen LogP contribution >= 0.6 is 0 Å². The van der Waals surface area contributed by atoms with E-state index in [2.05, 4.69) is 55.5 Å². The van der Waals surface area contributed by atoms with Gasteiger partial charge in [-0.25, -0.2) is 9.59 Å². The van der Waals surface area contributed by atoms with Crippen LogP contribution in [0.25, 0.3) is 33.1 Å². The molecule has 1 atom stereocenters. The average Bonchev–Trinajstić information content (AvgIpc) is 3.55. The first kappa shape index (κ1) is 45.4. The maximum absolute atomic E-state index is 13.2. The fourth-order valence-corrected chi connectivity index (χ4v) is 9.39. The largest absolute Gasteiger partial charge is 0.506 e. The molecule has 0 spiro atoms. The van der Waals surface area contributed by atoms with Gasteiger partial charge in [-0.3, -0.25) is 14.7 Å². The van der Waals surface area contributed by atoms with Crippen LogP contribution in [0.1, 0.15) is 82.1 Å². The number of phenols is 1. The number of nitrogens with zero attached hydrogens (tertiary/aromatic N) is 1. The summed E-state index contributed by atoms with van der Waals surface area (Å²) in [4.78, 5) is 41.3. The number of amides is 1. The second-order valence-corrected chi connectivity index (χ2v) is 23.0. The number of fused-ring (bicyclic) bond motifs is 2. The Hall–Kier alpha value is -5.67. The number of hydrogen-bond donors (Lipinski definition) is 5. The van der Waals surface area contributed by atoms with Crippen LogP contribution in [0.4, 0.5) is 10.5 Å². The van der Waals surface area contributed by atoms with Crippen LogP contribution < -0.4 is 32.4 Å². The zero-order valence-corrected chi connectivity index (χ0v) is 38.2. The molecule has 7 rings (SSSR count). The Labute approximate surface area is 369 Å². The van der Waals surface area contributed by atoms with Gasteiger partial charge in [-0.15, -0.1) is 0 Å². The van der Waals surface area contributed by atoms with Gasteiger partial charge in [0.15, 0.2) is 13.9 Å². The zero-order valence-electron chi connectivity index (χ0n) is 37.2. The van der Waals surface area contributed by atoms with Crippen LogP contribution in [0.2, 0.25) is 18.1 Å². The topological polar surface area (TPSA) is 183 Å². The summed E-state index contributed by atoms with van der Waals surface area (Å²) in [6, 6.07) is 26.6. The van der Waals surface area contributed by atoms with E-state index in [-0.39, 0.29) is 28.5 Å². The highest BCUT2D eigenvalue weighted by atomic mass is 28.4. The van der Waals surface area contributed by atoms with Crippen molar-refractivity contribution < 1.29 is 28.2 Å². The Balaban J connectivity index is 1.02. The summed E-state index contributed by atoms with van der Waals surface area (Å²) in [5, 5.41) is 17.8. The molecule has 6 N–H and O–H groups in total. The monoisotopic (exact) mass is 875 g/mol. The normalized spacial score (nSPS) is 16.3. The molecule has 0 unspecified atom stereocenters. The SMILES string of the molecule is COc1cc2c(cc1CNC[C@@H](O[Si](C)(C)C(C)(C)C)c1ccc(O)c3[nH]c(=O)ccc13)oc(=O)n2CCCCc1ccc(-c2ccccc2)c(NC(=O)OC2CCC(N)CC2)c1. The smallest absolute Gasteiger partial charge is 0.419 e. The molecule has 4 aromatic carbocycles. The van der Waals surface area contributed by atoms with Crippen molar-refractivity contribution in [1.82, 2.24) is 14.9 Å². The molecule has 1 saturated carbocycles. The van der Waals surface area contributed by atoms with E-state index in [1.165, 1.54) is 6.07 Å². The van der Waals surface area contributed by atoms with E-state index in [9.17, 15) is 19.5 Å². The Morgan fingerprint density at radius 2 is 1.75 bits per heavy atom. The minimum atomic E-state index is -2.29. The number of pyridine rings is 1. The Morgan fingerprint density at radius 1 is 0.984 bits per heavy atom. The molecule has 6 aromatic rings. The van der Waals surface area contributed by atoms with Crippen molar-refractivity contribution in [2.45, 2.75) is 115 Å². The van der Waals surface area contributed by atoms with Crippen LogP contribution in [-0.4, -0.2) is 54.9 Å². The molecule has 334 valence electrons. The predicted molar refractivity (Wildman–Crippen MR) is 251 cm³/mol. The second kappa shape index (κ2) is 19.4. The fraction of sp³-hybridized carbons (Fsp3) is 0.408. The van der Waals surface area contributed by atoms with Gasteiger partial charge in [-0.2, -0.15) is 0 Å². The van der Waals surface area contributed by atoms with Crippen molar-refractivity contribution in [3.05, 3.63) is 123 Å². The lowest BCUT2D eigenvalue weighted by molar-refractivity contribution is 0.0826. The van der Waals surface area contributed by atoms with E-state index >= 15 is 0 Å². The Kier molecular flexibility index (Phi) is 14.0. The number of H-pyrrole nitrogens is 1. The average molecular weight is 876 g/mol. The number of aromatic hydroxyl groups is 1. The maximum atomic E-state index is 13.2. The van der Waals surface area contributed by atoms with Gasteiger partial charge in [0.05, 0.1) is 29.9 Å². The number of unbranched alkanes of at least 4 members (excludes halogenated alkanes) is 1. The first-order valence-corrected chi connectivity index (χ1v) is 24.9. The van der Waals surface area contributed by atoms with Gasteiger partial charge in [0.2, 0.25) is 5.56 Å². The number of nitrogens with one attached hydrogen (secondary N) is 3. The Bertz CT molecular complexity index is 2660. The summed E-state index contributed by atoms with van der Waals surface area (Å²) in [6.07, 6.45) is 4.46. The first-order chi connectivity index (χ1) is 30.1. The van der Waals surface area contributed by atoms with Gasteiger partial charge in [0, 0.05) is 54.3 Å². The van der Waals surface area contributed by atoms with E-state index in [0.29, 0.717) is 59.5 Å². The van der Waals surface area contributed by atoms with Gasteiger partial charge >= 0.3 is 11.8 Å². The zero-order chi connectivity index (χ0) is 44.9. The summed E-state index contributed by atoms with van der Waals surface area (Å²) in [7, 11) is -0.681. The lowest BCUT2D eigenvalue weighted by Crippen LogP contribution is -2.43. The van der Waals surface area contributed by atoms with Crippen LogP contribution in [0.3, 0.4) is 0 Å². The number of aromatic nitrogens is 2. The standard InChI is InChI=1S/C49H61N5O8Si/c1-49(2,3)63(5,6)62-44(37-21-23-41(55)46-38(37)22-24-45(56)53-46)30-51-29-33-27-43-40(28-42(33)59-4)54(48(58)61-43)25-11-10-12-31-15-20-36(32-13-8-7-9-14-32)39(26-31)52-47(57)60-35-18-16-34(50)17-19-35/h7-9,13-15,20-24,26-28,34-35,44,51,55H,10-12,16-19,25,29-30,50H2,1-6H3,(H,52,57)(H,53,56)/t34?,35?,44-/m1/s1. The summed E-state index contributed by atoms with van der Waals surface area (Å²) in [5.41, 5.74) is 12.6. The summed E-state index contributed by atoms with van der Waals surface area (Å²) < 4.78 is 26.1. The highest BCUT2D eigenvalue weighted by Crippen LogP contribution is 2.41. The molecular weight excluding hydrogens is 815 g/mol. The van der Waals surface area contributed by atoms with Gasteiger partial charge in [0.1, 0.15) is 17.6 Å². The number of methoxy groups -OCH3 is 1. The van der Waals surface area contributed by atoms with Gasteiger partial charge < -0.3 is 39.5 Å². The minimum absolute atomic E-state index is 0.00554. The first-order valence-electron chi connectivity index (χ1n) is 22.0. The van der Waals surface area contributed by atoms with E-state index < -0.39 is 26.3 Å². The third-order valence-corrected chi connectivity index (χ3v) is 17.2. The lowest BCUT2D eigenvalue weighted by Gasteiger charge is -2.39. The van der Waals surface area contributed by atoms with Crippen molar-refractivity contribution >= 4 is 42.1 Å². The highest BCUT2D eigenvalue weighted by Gasteiger charge is 2.40. The number of carbonyl (C=O) groups excluding carboxylic acids is 1. The number of carbonyl (C=O) groups is 1. The third kappa shape index (κ3) is 10.8. The predicted octanol–water partition coefficient (Wildman–Crippen LogP) is 9.51. The van der Waals surface area contributed by atoms with E-state index in [0.717, 1.165) is 66.3 Å². The number of aromatic amines is 1. The molecule has 0 saturated heterocycles. The molecular formula is C49H61N5O8Si. The number of ether oxygens (including phenoxy) is 2. The van der Waals surface area contributed by atoms with Gasteiger partial charge in [-0.05, 0) is 104 Å². The van der Waals surface area contributed by atoms with Gasteiger partial charge in [-0.1, -0.05) is 69.3 Å². The molecule has 0 aliphatic heterocycles. The quantitative estimate of drug-likeness (QED) is 0.0464. The second-order valence-electron chi connectivity index (χ2n) is 18.2. The molecule has 63 heavy (non-hydrogen) atoms.